The zero-order valence-electron chi connectivity index (χ0n) is 17.6. The predicted molar refractivity (Wildman–Crippen MR) is 112 cm³/mol. The SMILES string of the molecule is CC1CC(C)CN(S(=O)(=O)c2cccc(C(=O)N(C(C)C)C3CCCC3)c2)C1. The van der Waals surface area contributed by atoms with Crippen molar-refractivity contribution in [3.05, 3.63) is 29.8 Å². The molecule has 2 atom stereocenters. The van der Waals surface area contributed by atoms with Crippen molar-refractivity contribution in [1.82, 2.24) is 9.21 Å². The number of sulfonamides is 1. The van der Waals surface area contributed by atoms with Crippen molar-refractivity contribution in [3.8, 4) is 0 Å². The summed E-state index contributed by atoms with van der Waals surface area (Å²) in [6.07, 6.45) is 5.42. The van der Waals surface area contributed by atoms with E-state index >= 15 is 0 Å². The molecule has 28 heavy (non-hydrogen) atoms. The molecular formula is C22H34N2O3S. The maximum absolute atomic E-state index is 13.3. The first-order valence-corrected chi connectivity index (χ1v) is 12.1. The molecule has 1 heterocycles. The normalized spacial score (nSPS) is 24.6. The van der Waals surface area contributed by atoms with Crippen LogP contribution < -0.4 is 0 Å². The number of carbonyl (C=O) groups is 1. The molecule has 2 aliphatic rings. The van der Waals surface area contributed by atoms with Crippen LogP contribution in [0.15, 0.2) is 29.2 Å². The van der Waals surface area contributed by atoms with Gasteiger partial charge in [-0.25, -0.2) is 8.42 Å². The molecule has 0 radical (unpaired) electrons. The van der Waals surface area contributed by atoms with E-state index < -0.39 is 10.0 Å². The molecule has 1 aliphatic carbocycles. The minimum absolute atomic E-state index is 0.0562. The van der Waals surface area contributed by atoms with Crippen LogP contribution in [-0.4, -0.2) is 48.7 Å². The van der Waals surface area contributed by atoms with E-state index in [1.807, 2.05) is 18.7 Å². The first kappa shape index (κ1) is 21.3. The van der Waals surface area contributed by atoms with Crippen LogP contribution in [0.5, 0.6) is 0 Å². The van der Waals surface area contributed by atoms with Gasteiger partial charge in [-0.2, -0.15) is 4.31 Å². The van der Waals surface area contributed by atoms with Gasteiger partial charge >= 0.3 is 0 Å². The monoisotopic (exact) mass is 406 g/mol. The molecule has 1 aliphatic heterocycles. The zero-order valence-corrected chi connectivity index (χ0v) is 18.4. The molecule has 1 aromatic carbocycles. The van der Waals surface area contributed by atoms with E-state index in [1.54, 1.807) is 28.6 Å². The lowest BCUT2D eigenvalue weighted by atomic mass is 9.94. The molecule has 0 spiro atoms. The molecule has 156 valence electrons. The summed E-state index contributed by atoms with van der Waals surface area (Å²) in [5, 5.41) is 0. The highest BCUT2D eigenvalue weighted by Crippen LogP contribution is 2.29. The van der Waals surface area contributed by atoms with Gasteiger partial charge in [-0.1, -0.05) is 32.8 Å². The smallest absolute Gasteiger partial charge is 0.254 e. The van der Waals surface area contributed by atoms with Crippen LogP contribution in [0.25, 0.3) is 0 Å². The molecule has 0 N–H and O–H groups in total. The largest absolute Gasteiger partial charge is 0.333 e. The van der Waals surface area contributed by atoms with E-state index in [2.05, 4.69) is 13.8 Å². The fourth-order valence-corrected chi connectivity index (χ4v) is 6.62. The van der Waals surface area contributed by atoms with Crippen LogP contribution in [0.2, 0.25) is 0 Å². The molecule has 3 rings (SSSR count). The van der Waals surface area contributed by atoms with Gasteiger partial charge in [-0.15, -0.1) is 0 Å². The molecule has 1 saturated heterocycles. The molecule has 2 fully saturated rings. The third kappa shape index (κ3) is 4.43. The average molecular weight is 407 g/mol. The van der Waals surface area contributed by atoms with Gasteiger partial charge in [0.2, 0.25) is 10.0 Å². The Morgan fingerprint density at radius 1 is 1.11 bits per heavy atom. The highest BCUT2D eigenvalue weighted by atomic mass is 32.2. The van der Waals surface area contributed by atoms with Gasteiger partial charge in [0, 0.05) is 30.7 Å². The van der Waals surface area contributed by atoms with Crippen LogP contribution in [0, 0.1) is 11.8 Å². The highest BCUT2D eigenvalue weighted by Gasteiger charge is 2.33. The Kier molecular flexibility index (Phi) is 6.50. The number of hydrogen-bond donors (Lipinski definition) is 0. The van der Waals surface area contributed by atoms with E-state index in [0.29, 0.717) is 30.5 Å². The van der Waals surface area contributed by atoms with E-state index in [9.17, 15) is 13.2 Å². The Hall–Kier alpha value is -1.40. The summed E-state index contributed by atoms with van der Waals surface area (Å²) in [5.74, 6) is 0.642. The molecule has 1 amide bonds. The lowest BCUT2D eigenvalue weighted by Crippen LogP contribution is -2.44. The van der Waals surface area contributed by atoms with E-state index in [0.717, 1.165) is 32.1 Å². The Balaban J connectivity index is 1.87. The number of rotatable bonds is 5. The third-order valence-corrected chi connectivity index (χ3v) is 7.89. The van der Waals surface area contributed by atoms with Crippen molar-refractivity contribution >= 4 is 15.9 Å². The molecule has 6 heteroatoms. The standard InChI is InChI=1S/C22H34N2O3S/c1-16(2)24(20-9-5-6-10-20)22(25)19-8-7-11-21(13-19)28(26,27)23-14-17(3)12-18(4)15-23/h7-8,11,13,16-18,20H,5-6,9-10,12,14-15H2,1-4H3. The Bertz CT molecular complexity index is 790. The maximum atomic E-state index is 13.3. The zero-order chi connectivity index (χ0) is 20.5. The number of piperidine rings is 1. The van der Waals surface area contributed by atoms with Gasteiger partial charge in [0.25, 0.3) is 5.91 Å². The summed E-state index contributed by atoms with van der Waals surface area (Å²) in [7, 11) is -3.59. The lowest BCUT2D eigenvalue weighted by molar-refractivity contribution is 0.0613. The first-order chi connectivity index (χ1) is 13.2. The second-order valence-corrected chi connectivity index (χ2v) is 11.0. The Labute approximate surface area is 170 Å². The Morgan fingerprint density at radius 2 is 1.71 bits per heavy atom. The Morgan fingerprint density at radius 3 is 2.29 bits per heavy atom. The van der Waals surface area contributed by atoms with Gasteiger partial charge in [0.15, 0.2) is 0 Å². The van der Waals surface area contributed by atoms with E-state index in [4.69, 9.17) is 0 Å². The summed E-state index contributed by atoms with van der Waals surface area (Å²) < 4.78 is 28.0. The van der Waals surface area contributed by atoms with Gasteiger partial charge in [0.1, 0.15) is 0 Å². The quantitative estimate of drug-likeness (QED) is 0.738. The second-order valence-electron chi connectivity index (χ2n) is 9.04. The van der Waals surface area contributed by atoms with Crippen molar-refractivity contribution in [2.24, 2.45) is 11.8 Å². The minimum Gasteiger partial charge on any atom is -0.333 e. The van der Waals surface area contributed by atoms with Gasteiger partial charge in [0.05, 0.1) is 4.90 Å². The molecule has 2 unspecified atom stereocenters. The highest BCUT2D eigenvalue weighted by molar-refractivity contribution is 7.89. The molecule has 0 bridgehead atoms. The fourth-order valence-electron chi connectivity index (χ4n) is 4.89. The third-order valence-electron chi connectivity index (χ3n) is 6.06. The van der Waals surface area contributed by atoms with Crippen LogP contribution in [0.4, 0.5) is 0 Å². The molecule has 0 aromatic heterocycles. The van der Waals surface area contributed by atoms with Crippen molar-refractivity contribution in [2.75, 3.05) is 13.1 Å². The van der Waals surface area contributed by atoms with Gasteiger partial charge < -0.3 is 4.90 Å². The molecule has 1 saturated carbocycles. The van der Waals surface area contributed by atoms with Crippen molar-refractivity contribution in [2.45, 2.75) is 76.8 Å². The first-order valence-electron chi connectivity index (χ1n) is 10.6. The van der Waals surface area contributed by atoms with E-state index in [1.165, 1.54) is 0 Å². The summed E-state index contributed by atoms with van der Waals surface area (Å²) in [5.41, 5.74) is 0.472. The van der Waals surface area contributed by atoms with Crippen LogP contribution in [0.1, 0.15) is 70.2 Å². The van der Waals surface area contributed by atoms with Crippen LogP contribution in [-0.2, 0) is 10.0 Å². The number of benzene rings is 1. The summed E-state index contributed by atoms with van der Waals surface area (Å²) in [6.45, 7) is 9.36. The topological polar surface area (TPSA) is 57.7 Å². The van der Waals surface area contributed by atoms with Crippen LogP contribution in [0.3, 0.4) is 0 Å². The fraction of sp³-hybridized carbons (Fsp3) is 0.682. The molecule has 1 aromatic rings. The summed E-state index contributed by atoms with van der Waals surface area (Å²) >= 11 is 0. The van der Waals surface area contributed by atoms with Crippen molar-refractivity contribution < 1.29 is 13.2 Å². The second kappa shape index (κ2) is 8.54. The summed E-state index contributed by atoms with van der Waals surface area (Å²) in [4.78, 5) is 15.4. The maximum Gasteiger partial charge on any atom is 0.254 e. The molecular weight excluding hydrogens is 372 g/mol. The van der Waals surface area contributed by atoms with E-state index in [-0.39, 0.29) is 22.9 Å². The number of amides is 1. The number of nitrogens with zero attached hydrogens (tertiary/aromatic N) is 2. The number of hydrogen-bond acceptors (Lipinski definition) is 3. The van der Waals surface area contributed by atoms with Gasteiger partial charge in [-0.05, 0) is 63.1 Å². The predicted octanol–water partition coefficient (Wildman–Crippen LogP) is 4.15. The average Bonchev–Trinajstić information content (AvgIpc) is 3.15. The van der Waals surface area contributed by atoms with Crippen LogP contribution >= 0.6 is 0 Å². The number of carbonyl (C=O) groups excluding carboxylic acids is 1. The van der Waals surface area contributed by atoms with Gasteiger partial charge in [-0.3, -0.25) is 4.79 Å². The van der Waals surface area contributed by atoms with Crippen molar-refractivity contribution in [3.63, 3.8) is 0 Å². The lowest BCUT2D eigenvalue weighted by Gasteiger charge is -2.34. The minimum atomic E-state index is -3.59. The summed E-state index contributed by atoms with van der Waals surface area (Å²) in [6, 6.07) is 6.99. The molecule has 5 nitrogen and oxygen atoms in total. The van der Waals surface area contributed by atoms with Crippen molar-refractivity contribution in [1.29, 1.82) is 0 Å².